The fourth-order valence-electron chi connectivity index (χ4n) is 3.96. The average Bonchev–Trinajstić information content (AvgIpc) is 3.09. The van der Waals surface area contributed by atoms with E-state index >= 15 is 0 Å². The van der Waals surface area contributed by atoms with Crippen LogP contribution >= 0.6 is 0 Å². The first kappa shape index (κ1) is 29.9. The van der Waals surface area contributed by atoms with Gasteiger partial charge in [0, 0.05) is 0 Å². The Bertz CT molecular complexity index is 788. The van der Waals surface area contributed by atoms with Crippen molar-refractivity contribution in [2.24, 2.45) is 0 Å². The number of allylic oxidation sites excluding steroid dienone is 4. The third-order valence-electron chi connectivity index (χ3n) is 5.71. The number of fused-ring (bicyclic) bond motifs is 2. The summed E-state index contributed by atoms with van der Waals surface area (Å²) in [5.41, 5.74) is 15.5. The molecule has 0 radical (unpaired) electrons. The van der Waals surface area contributed by atoms with Crippen LogP contribution in [-0.2, 0) is 49.0 Å². The smallest absolute Gasteiger partial charge is 1.00 e. The molecule has 0 unspecified atom stereocenters. The van der Waals surface area contributed by atoms with E-state index in [9.17, 15) is 0 Å². The van der Waals surface area contributed by atoms with Crippen LogP contribution in [0.1, 0.15) is 61.1 Å². The standard InChI is InChI=1S/2C12H15.C2H6Si.2ClH.Zr/c2*1-8-4-11-6-9(2)10(3)7-12(11)5-8;1-3-2;;;/h2*4-5H,6-7H2,1-3H3;1-2H3;2*1H;/q2*-1;;;;+2/p-2. The van der Waals surface area contributed by atoms with Gasteiger partial charge in [-0.2, -0.15) is 45.5 Å². The van der Waals surface area contributed by atoms with Gasteiger partial charge >= 0.3 is 41.9 Å². The predicted octanol–water partition coefficient (Wildman–Crippen LogP) is 1.09. The van der Waals surface area contributed by atoms with Crippen molar-refractivity contribution in [3.8, 4) is 0 Å². The van der Waals surface area contributed by atoms with Crippen LogP contribution < -0.4 is 24.8 Å². The molecule has 0 spiro atoms. The Morgan fingerprint density at radius 1 is 0.633 bits per heavy atom. The number of halogens is 2. The molecule has 0 heterocycles. The van der Waals surface area contributed by atoms with Crippen LogP contribution in [0, 0.1) is 13.8 Å². The van der Waals surface area contributed by atoms with Crippen molar-refractivity contribution >= 4 is 5.43 Å². The molecule has 2 aliphatic rings. The van der Waals surface area contributed by atoms with Crippen LogP contribution in [0.5, 0.6) is 0 Å². The van der Waals surface area contributed by atoms with Gasteiger partial charge in [-0.3, -0.25) is 0 Å². The molecule has 4 heteroatoms. The molecule has 0 aromatic heterocycles. The van der Waals surface area contributed by atoms with Crippen molar-refractivity contribution < 1.29 is 48.1 Å². The maximum atomic E-state index is 2.32. The van der Waals surface area contributed by atoms with Gasteiger partial charge in [-0.25, -0.2) is 12.1 Å². The Hall–Kier alpha value is -0.140. The van der Waals surface area contributed by atoms with Gasteiger partial charge in [0.05, 0.1) is 0 Å². The molecule has 0 saturated carbocycles. The van der Waals surface area contributed by atoms with Crippen LogP contribution in [0.15, 0.2) is 46.6 Å². The molecule has 0 N–H and O–H groups in total. The molecule has 0 nitrogen and oxygen atoms in total. The van der Waals surface area contributed by atoms with Gasteiger partial charge in [-0.1, -0.05) is 49.0 Å². The van der Waals surface area contributed by atoms with Gasteiger partial charge in [0.2, 0.25) is 0 Å². The van der Waals surface area contributed by atoms with Crippen molar-refractivity contribution in [2.75, 3.05) is 0 Å². The van der Waals surface area contributed by atoms with Gasteiger partial charge in [0.1, 0.15) is 0 Å². The van der Waals surface area contributed by atoms with Crippen molar-refractivity contribution in [2.45, 2.75) is 80.3 Å². The molecule has 2 aliphatic carbocycles. The first-order valence-electron chi connectivity index (χ1n) is 10.4. The Morgan fingerprint density at radius 3 is 1.20 bits per heavy atom. The second-order valence-corrected chi connectivity index (χ2v) is 18.4. The van der Waals surface area contributed by atoms with Gasteiger partial charge in [-0.15, -0.1) is 0 Å². The zero-order valence-electron chi connectivity index (χ0n) is 19.9. The molecule has 30 heavy (non-hydrogen) atoms. The van der Waals surface area contributed by atoms with Crippen molar-refractivity contribution in [3.05, 3.63) is 79.9 Å². The Labute approximate surface area is 212 Å². The fraction of sp³-hybridized carbons (Fsp3) is 0.462. The maximum Gasteiger partial charge on any atom is -1.00 e. The summed E-state index contributed by atoms with van der Waals surface area (Å²) < 4.78 is 0. The average molecular weight is 539 g/mol. The van der Waals surface area contributed by atoms with Gasteiger partial charge in [0.25, 0.3) is 0 Å². The molecule has 164 valence electrons. The number of hydrogen-bond donors (Lipinski definition) is 0. The summed E-state index contributed by atoms with van der Waals surface area (Å²) >= 11 is 1.74. The van der Waals surface area contributed by atoms with Gasteiger partial charge in [0.15, 0.2) is 0 Å². The summed E-state index contributed by atoms with van der Waals surface area (Å²) in [5.74, 6) is 0. The summed E-state index contributed by atoms with van der Waals surface area (Å²) in [5, 5.41) is 0. The molecule has 0 fully saturated rings. The summed E-state index contributed by atoms with van der Waals surface area (Å²) in [6.45, 7) is 18.0. The van der Waals surface area contributed by atoms with E-state index in [1.807, 2.05) is 0 Å². The van der Waals surface area contributed by atoms with E-state index in [4.69, 9.17) is 0 Å². The van der Waals surface area contributed by atoms with E-state index in [0.29, 0.717) is 0 Å². The summed E-state index contributed by atoms with van der Waals surface area (Å²) in [7, 11) is 0. The minimum Gasteiger partial charge on any atom is -1.00 e. The van der Waals surface area contributed by atoms with Gasteiger partial charge < -0.3 is 24.8 Å². The summed E-state index contributed by atoms with van der Waals surface area (Å²) in [6.07, 6.45) is 4.70. The van der Waals surface area contributed by atoms with Gasteiger partial charge in [-0.05, 0) is 40.5 Å². The van der Waals surface area contributed by atoms with E-state index in [2.05, 4.69) is 78.9 Å². The Morgan fingerprint density at radius 2 is 0.900 bits per heavy atom. The van der Waals surface area contributed by atoms with E-state index in [1.54, 1.807) is 67.9 Å². The molecule has 2 aromatic rings. The minimum atomic E-state index is 0. The molecule has 4 rings (SSSR count). The molecule has 2 aromatic carbocycles. The third kappa shape index (κ3) is 8.78. The molecule has 0 atom stereocenters. The van der Waals surface area contributed by atoms with Crippen LogP contribution in [-0.4, -0.2) is 5.43 Å². The van der Waals surface area contributed by atoms with Crippen molar-refractivity contribution in [3.63, 3.8) is 0 Å². The van der Waals surface area contributed by atoms with E-state index < -0.39 is 0 Å². The Balaban J connectivity index is 0.000000452. The monoisotopic (exact) mass is 536 g/mol. The van der Waals surface area contributed by atoms with Crippen LogP contribution in [0.2, 0.25) is 13.1 Å². The SMILES string of the molecule is CC1=C(C)Cc2[cH-]c(C)cc2C1.CC1=C(C)Cc2[cH-]c(C)cc2C1.C[Si](C)=[Zr+2].[Cl-].[Cl-]. The normalized spacial score (nSPS) is 14.2. The minimum absolute atomic E-state index is 0. The Kier molecular flexibility index (Phi) is 13.4. The first-order valence-corrected chi connectivity index (χ1v) is 16.6. The molecular formula is C26H36Cl2SiZr-2. The second-order valence-electron chi connectivity index (χ2n) is 8.99. The van der Waals surface area contributed by atoms with Crippen LogP contribution in [0.3, 0.4) is 0 Å². The van der Waals surface area contributed by atoms with Crippen LogP contribution in [0.4, 0.5) is 0 Å². The summed E-state index contributed by atoms with van der Waals surface area (Å²) in [6, 6.07) is 9.30. The molecule has 0 bridgehead atoms. The van der Waals surface area contributed by atoms with Crippen molar-refractivity contribution in [1.29, 1.82) is 0 Å². The van der Waals surface area contributed by atoms with E-state index in [-0.39, 0.29) is 30.2 Å². The summed E-state index contributed by atoms with van der Waals surface area (Å²) in [4.78, 5) is 0. The third-order valence-corrected chi connectivity index (χ3v) is 5.71. The predicted molar refractivity (Wildman–Crippen MR) is 123 cm³/mol. The van der Waals surface area contributed by atoms with E-state index in [1.165, 1.54) is 36.8 Å². The number of hydrogen-bond acceptors (Lipinski definition) is 0. The fourth-order valence-corrected chi connectivity index (χ4v) is 3.96. The first-order chi connectivity index (χ1) is 13.1. The topological polar surface area (TPSA) is 0 Å². The maximum absolute atomic E-state index is 2.32. The van der Waals surface area contributed by atoms with E-state index in [0.717, 1.165) is 0 Å². The second kappa shape index (κ2) is 13.4. The quantitative estimate of drug-likeness (QED) is 0.268. The molecule has 0 amide bonds. The van der Waals surface area contributed by atoms with Crippen LogP contribution in [0.25, 0.3) is 0 Å². The zero-order valence-corrected chi connectivity index (χ0v) is 24.9. The molecule has 0 saturated heterocycles. The largest absolute Gasteiger partial charge is 1.00 e. The molecule has 0 aliphatic heterocycles. The van der Waals surface area contributed by atoms with Crippen molar-refractivity contribution in [1.82, 2.24) is 0 Å². The zero-order chi connectivity index (χ0) is 21.0. The number of rotatable bonds is 0. The molecular weight excluding hydrogens is 503 g/mol. The number of aryl methyl sites for hydroxylation is 2.